The third kappa shape index (κ3) is 4.55. The van der Waals surface area contributed by atoms with Gasteiger partial charge in [0.25, 0.3) is 5.91 Å². The van der Waals surface area contributed by atoms with Crippen molar-refractivity contribution in [2.75, 3.05) is 12.4 Å². The molecule has 0 aromatic heterocycles. The van der Waals surface area contributed by atoms with Crippen molar-refractivity contribution in [1.29, 1.82) is 0 Å². The second kappa shape index (κ2) is 8.45. The number of benzene rings is 1. The Balaban J connectivity index is 2.77. The van der Waals surface area contributed by atoms with Crippen LogP contribution in [0.15, 0.2) is 29.2 Å². The maximum absolute atomic E-state index is 12.1. The highest BCUT2D eigenvalue weighted by atomic mass is 33.1. The maximum atomic E-state index is 12.1. The predicted molar refractivity (Wildman–Crippen MR) is 79.1 cm³/mol. The van der Waals surface area contributed by atoms with Crippen LogP contribution in [0.5, 0.6) is 0 Å². The zero-order chi connectivity index (χ0) is 13.4. The van der Waals surface area contributed by atoms with E-state index in [0.29, 0.717) is 5.56 Å². The summed E-state index contributed by atoms with van der Waals surface area (Å²) in [4.78, 5) is 13.1. The lowest BCUT2D eigenvalue weighted by Gasteiger charge is -2.15. The summed E-state index contributed by atoms with van der Waals surface area (Å²) in [6.07, 6.45) is 0.723. The van der Waals surface area contributed by atoms with Gasteiger partial charge in [-0.05, 0) is 18.6 Å². The van der Waals surface area contributed by atoms with Crippen LogP contribution in [0.3, 0.4) is 0 Å². The number of carbonyl (C=O) groups is 1. The fraction of sp³-hybridized carbons (Fsp3) is 0.462. The van der Waals surface area contributed by atoms with Crippen LogP contribution in [0.1, 0.15) is 30.6 Å². The van der Waals surface area contributed by atoms with Crippen LogP contribution >= 0.6 is 21.6 Å². The molecular formula is C13H19NO2S2. The molecule has 0 saturated carbocycles. The molecule has 0 saturated heterocycles. The molecule has 1 aromatic carbocycles. The van der Waals surface area contributed by atoms with E-state index in [0.717, 1.165) is 17.1 Å². The summed E-state index contributed by atoms with van der Waals surface area (Å²) in [5, 5.41) is 11.9. The lowest BCUT2D eigenvalue weighted by atomic mass is 10.2. The van der Waals surface area contributed by atoms with Gasteiger partial charge in [0.2, 0.25) is 0 Å². The summed E-state index contributed by atoms with van der Waals surface area (Å²) >= 11 is 0. The van der Waals surface area contributed by atoms with Crippen LogP contribution in [0.2, 0.25) is 0 Å². The Kier molecular flexibility index (Phi) is 7.23. The normalized spacial score (nSPS) is 12.2. The van der Waals surface area contributed by atoms with Crippen molar-refractivity contribution in [3.05, 3.63) is 29.8 Å². The van der Waals surface area contributed by atoms with Gasteiger partial charge in [0, 0.05) is 10.6 Å². The highest BCUT2D eigenvalue weighted by molar-refractivity contribution is 8.76. The topological polar surface area (TPSA) is 49.3 Å². The third-order valence-electron chi connectivity index (χ3n) is 2.45. The van der Waals surface area contributed by atoms with E-state index in [-0.39, 0.29) is 18.6 Å². The maximum Gasteiger partial charge on any atom is 0.252 e. The van der Waals surface area contributed by atoms with Crippen LogP contribution < -0.4 is 5.32 Å². The molecule has 0 aliphatic heterocycles. The van der Waals surface area contributed by atoms with E-state index in [1.807, 2.05) is 31.2 Å². The summed E-state index contributed by atoms with van der Waals surface area (Å²) < 4.78 is 0. The van der Waals surface area contributed by atoms with Gasteiger partial charge in [-0.1, -0.05) is 47.6 Å². The zero-order valence-corrected chi connectivity index (χ0v) is 12.3. The Labute approximate surface area is 116 Å². The van der Waals surface area contributed by atoms with Crippen molar-refractivity contribution in [1.82, 2.24) is 5.32 Å². The first-order valence-corrected chi connectivity index (χ1v) is 8.35. The van der Waals surface area contributed by atoms with Gasteiger partial charge in [-0.15, -0.1) is 0 Å². The number of rotatable bonds is 7. The highest BCUT2D eigenvalue weighted by Gasteiger charge is 2.14. The van der Waals surface area contributed by atoms with Crippen molar-refractivity contribution in [3.63, 3.8) is 0 Å². The van der Waals surface area contributed by atoms with Gasteiger partial charge in [0.1, 0.15) is 0 Å². The predicted octanol–water partition coefficient (Wildman–Crippen LogP) is 2.95. The van der Waals surface area contributed by atoms with Gasteiger partial charge >= 0.3 is 0 Å². The van der Waals surface area contributed by atoms with Crippen LogP contribution in [-0.2, 0) is 0 Å². The summed E-state index contributed by atoms with van der Waals surface area (Å²) in [5.74, 6) is 0.880. The number of carbonyl (C=O) groups excluding carboxylic acids is 1. The molecular weight excluding hydrogens is 266 g/mol. The first-order chi connectivity index (χ1) is 8.72. The first kappa shape index (κ1) is 15.4. The second-order valence-electron chi connectivity index (χ2n) is 3.75. The van der Waals surface area contributed by atoms with Crippen LogP contribution in [0.4, 0.5) is 0 Å². The fourth-order valence-corrected chi connectivity index (χ4v) is 3.19. The Bertz CT molecular complexity index is 381. The Morgan fingerprint density at radius 3 is 2.72 bits per heavy atom. The summed E-state index contributed by atoms with van der Waals surface area (Å²) in [6, 6.07) is 7.38. The van der Waals surface area contributed by atoms with E-state index in [9.17, 15) is 4.79 Å². The lowest BCUT2D eigenvalue weighted by molar-refractivity contribution is 0.0912. The molecule has 2 N–H and O–H groups in total. The minimum absolute atomic E-state index is 0.0265. The average molecular weight is 285 g/mol. The number of aliphatic hydroxyl groups excluding tert-OH is 1. The van der Waals surface area contributed by atoms with E-state index >= 15 is 0 Å². The first-order valence-electron chi connectivity index (χ1n) is 6.03. The molecule has 100 valence electrons. The number of hydrogen-bond acceptors (Lipinski definition) is 4. The molecule has 0 spiro atoms. The highest BCUT2D eigenvalue weighted by Crippen LogP contribution is 2.33. The van der Waals surface area contributed by atoms with Crippen molar-refractivity contribution in [3.8, 4) is 0 Å². The van der Waals surface area contributed by atoms with Crippen molar-refractivity contribution < 1.29 is 9.90 Å². The molecule has 5 heteroatoms. The van der Waals surface area contributed by atoms with E-state index in [1.165, 1.54) is 0 Å². The third-order valence-corrected chi connectivity index (χ3v) is 4.94. The largest absolute Gasteiger partial charge is 0.394 e. The Morgan fingerprint density at radius 1 is 1.39 bits per heavy atom. The smallest absolute Gasteiger partial charge is 0.252 e. The van der Waals surface area contributed by atoms with Crippen LogP contribution in [0.25, 0.3) is 0 Å². The molecule has 1 unspecified atom stereocenters. The molecule has 18 heavy (non-hydrogen) atoms. The zero-order valence-electron chi connectivity index (χ0n) is 10.7. The van der Waals surface area contributed by atoms with E-state index in [2.05, 4.69) is 12.2 Å². The van der Waals surface area contributed by atoms with Crippen LogP contribution in [-0.4, -0.2) is 29.4 Å². The molecule has 0 heterocycles. The van der Waals surface area contributed by atoms with Crippen molar-refractivity contribution in [2.24, 2.45) is 0 Å². The Morgan fingerprint density at radius 2 is 2.11 bits per heavy atom. The van der Waals surface area contributed by atoms with Gasteiger partial charge in [0.05, 0.1) is 18.2 Å². The standard InChI is InChI=1S/C13H19NO2S2/c1-3-10(9-15)14-13(16)11-7-5-6-8-12(11)18-17-4-2/h5-8,10,15H,3-4,9H2,1-2H3,(H,14,16). The molecule has 0 bridgehead atoms. The number of amides is 1. The monoisotopic (exact) mass is 285 g/mol. The quantitative estimate of drug-likeness (QED) is 0.756. The second-order valence-corrected chi connectivity index (χ2v) is 6.37. The van der Waals surface area contributed by atoms with Crippen molar-refractivity contribution in [2.45, 2.75) is 31.2 Å². The van der Waals surface area contributed by atoms with Gasteiger partial charge in [-0.3, -0.25) is 4.79 Å². The average Bonchev–Trinajstić information content (AvgIpc) is 2.42. The molecule has 0 fully saturated rings. The molecule has 1 aromatic rings. The van der Waals surface area contributed by atoms with E-state index in [1.54, 1.807) is 21.6 Å². The van der Waals surface area contributed by atoms with Crippen molar-refractivity contribution >= 4 is 27.5 Å². The molecule has 0 radical (unpaired) electrons. The number of hydrogen-bond donors (Lipinski definition) is 2. The number of nitrogens with one attached hydrogen (secondary N) is 1. The Hall–Kier alpha value is -0.650. The fourth-order valence-electron chi connectivity index (χ4n) is 1.39. The molecule has 3 nitrogen and oxygen atoms in total. The minimum Gasteiger partial charge on any atom is -0.394 e. The minimum atomic E-state index is -0.172. The summed E-state index contributed by atoms with van der Waals surface area (Å²) in [7, 11) is 3.32. The number of aliphatic hydroxyl groups is 1. The molecule has 1 amide bonds. The molecule has 1 rings (SSSR count). The van der Waals surface area contributed by atoms with Crippen LogP contribution in [0, 0.1) is 0 Å². The molecule has 1 atom stereocenters. The molecule has 0 aliphatic carbocycles. The van der Waals surface area contributed by atoms with E-state index < -0.39 is 0 Å². The lowest BCUT2D eigenvalue weighted by Crippen LogP contribution is -2.37. The molecule has 0 aliphatic rings. The van der Waals surface area contributed by atoms with E-state index in [4.69, 9.17) is 5.11 Å². The SMILES string of the molecule is CCSSc1ccccc1C(=O)NC(CC)CO. The van der Waals surface area contributed by atoms with Gasteiger partial charge in [-0.25, -0.2) is 0 Å². The van der Waals surface area contributed by atoms with Gasteiger partial charge in [0.15, 0.2) is 0 Å². The summed E-state index contributed by atoms with van der Waals surface area (Å²) in [6.45, 7) is 4.00. The van der Waals surface area contributed by atoms with Gasteiger partial charge in [-0.2, -0.15) is 0 Å². The van der Waals surface area contributed by atoms with Gasteiger partial charge < -0.3 is 10.4 Å². The summed E-state index contributed by atoms with van der Waals surface area (Å²) in [5.41, 5.74) is 0.676.